The highest BCUT2D eigenvalue weighted by atomic mass is 79.9. The summed E-state index contributed by atoms with van der Waals surface area (Å²) in [4.78, 5) is 16.4. The molecule has 2 aromatic rings. The molecule has 5 heteroatoms. The third-order valence-corrected chi connectivity index (χ3v) is 3.66. The SMILES string of the molecule is Cc1cc(Br)cnc1NC(=O)C1Cc2ccccc2O1. The molecule has 2 heterocycles. The summed E-state index contributed by atoms with van der Waals surface area (Å²) in [6.45, 7) is 1.90. The van der Waals surface area contributed by atoms with E-state index in [0.717, 1.165) is 21.3 Å². The van der Waals surface area contributed by atoms with Crippen LogP contribution in [0.3, 0.4) is 0 Å². The summed E-state index contributed by atoms with van der Waals surface area (Å²) < 4.78 is 6.54. The number of fused-ring (bicyclic) bond motifs is 1. The average molecular weight is 333 g/mol. The molecule has 0 spiro atoms. The number of hydrogen-bond donors (Lipinski definition) is 1. The van der Waals surface area contributed by atoms with Gasteiger partial charge in [-0.15, -0.1) is 0 Å². The second-order valence-corrected chi connectivity index (χ2v) is 5.64. The van der Waals surface area contributed by atoms with Crippen molar-refractivity contribution < 1.29 is 9.53 Å². The van der Waals surface area contributed by atoms with Crippen LogP contribution in [0.4, 0.5) is 5.82 Å². The van der Waals surface area contributed by atoms with Crippen LogP contribution in [0.25, 0.3) is 0 Å². The van der Waals surface area contributed by atoms with E-state index >= 15 is 0 Å². The number of nitrogens with one attached hydrogen (secondary N) is 1. The van der Waals surface area contributed by atoms with E-state index in [0.29, 0.717) is 12.2 Å². The molecule has 102 valence electrons. The summed E-state index contributed by atoms with van der Waals surface area (Å²) in [6, 6.07) is 9.62. The molecule has 1 amide bonds. The summed E-state index contributed by atoms with van der Waals surface area (Å²) in [5, 5.41) is 2.82. The van der Waals surface area contributed by atoms with Gasteiger partial charge in [0.05, 0.1) is 0 Å². The van der Waals surface area contributed by atoms with E-state index in [4.69, 9.17) is 4.74 Å². The first-order chi connectivity index (χ1) is 9.63. The summed E-state index contributed by atoms with van der Waals surface area (Å²) in [5.74, 6) is 1.19. The average Bonchev–Trinajstić information content (AvgIpc) is 2.86. The number of carbonyl (C=O) groups is 1. The molecule has 1 unspecified atom stereocenters. The van der Waals surface area contributed by atoms with Gasteiger partial charge in [-0.2, -0.15) is 0 Å². The molecule has 0 bridgehead atoms. The van der Waals surface area contributed by atoms with Crippen LogP contribution < -0.4 is 10.1 Å². The quantitative estimate of drug-likeness (QED) is 0.919. The third kappa shape index (κ3) is 2.54. The van der Waals surface area contributed by atoms with Crippen LogP contribution in [-0.2, 0) is 11.2 Å². The van der Waals surface area contributed by atoms with Gasteiger partial charge < -0.3 is 10.1 Å². The molecule has 20 heavy (non-hydrogen) atoms. The maximum absolute atomic E-state index is 12.2. The second-order valence-electron chi connectivity index (χ2n) is 4.73. The standard InChI is InChI=1S/C15H13BrN2O2/c1-9-6-11(16)8-17-14(9)18-15(19)13-7-10-4-2-3-5-12(10)20-13/h2-6,8,13H,7H2,1H3,(H,17,18,19). The Morgan fingerprint density at radius 1 is 1.45 bits per heavy atom. The van der Waals surface area contributed by atoms with Crippen molar-refractivity contribution in [2.24, 2.45) is 0 Å². The highest BCUT2D eigenvalue weighted by Gasteiger charge is 2.29. The Hall–Kier alpha value is -1.88. The van der Waals surface area contributed by atoms with Gasteiger partial charge in [0.1, 0.15) is 11.6 Å². The number of nitrogens with zero attached hydrogens (tertiary/aromatic N) is 1. The molecule has 1 atom stereocenters. The van der Waals surface area contributed by atoms with E-state index in [1.54, 1.807) is 6.20 Å². The molecule has 1 aromatic heterocycles. The molecule has 3 rings (SSSR count). The van der Waals surface area contributed by atoms with Gasteiger partial charge in [-0.1, -0.05) is 18.2 Å². The maximum atomic E-state index is 12.2. The minimum atomic E-state index is -0.489. The maximum Gasteiger partial charge on any atom is 0.266 e. The van der Waals surface area contributed by atoms with Gasteiger partial charge in [0.25, 0.3) is 5.91 Å². The van der Waals surface area contributed by atoms with Crippen LogP contribution in [0, 0.1) is 6.92 Å². The number of amides is 1. The van der Waals surface area contributed by atoms with Gasteiger partial charge >= 0.3 is 0 Å². The number of aryl methyl sites for hydroxylation is 1. The number of anilines is 1. The number of halogens is 1. The highest BCUT2D eigenvalue weighted by Crippen LogP contribution is 2.28. The zero-order valence-corrected chi connectivity index (χ0v) is 12.5. The van der Waals surface area contributed by atoms with Crippen molar-refractivity contribution in [3.63, 3.8) is 0 Å². The highest BCUT2D eigenvalue weighted by molar-refractivity contribution is 9.10. The van der Waals surface area contributed by atoms with Gasteiger partial charge in [0.15, 0.2) is 6.10 Å². The lowest BCUT2D eigenvalue weighted by Crippen LogP contribution is -2.32. The lowest BCUT2D eigenvalue weighted by Gasteiger charge is -2.12. The molecular formula is C15H13BrN2O2. The molecule has 1 N–H and O–H groups in total. The summed E-state index contributed by atoms with van der Waals surface area (Å²) >= 11 is 3.35. The molecule has 0 aliphatic carbocycles. The molecular weight excluding hydrogens is 320 g/mol. The van der Waals surface area contributed by atoms with E-state index < -0.39 is 6.10 Å². The van der Waals surface area contributed by atoms with Gasteiger partial charge in [-0.3, -0.25) is 4.79 Å². The van der Waals surface area contributed by atoms with E-state index in [2.05, 4.69) is 26.2 Å². The first-order valence-corrected chi connectivity index (χ1v) is 7.10. The lowest BCUT2D eigenvalue weighted by molar-refractivity contribution is -0.122. The number of aromatic nitrogens is 1. The number of para-hydroxylation sites is 1. The van der Waals surface area contributed by atoms with Crippen molar-refractivity contribution in [2.75, 3.05) is 5.32 Å². The van der Waals surface area contributed by atoms with E-state index in [1.165, 1.54) is 0 Å². The Bertz CT molecular complexity index is 648. The van der Waals surface area contributed by atoms with Crippen molar-refractivity contribution in [2.45, 2.75) is 19.4 Å². The predicted molar refractivity (Wildman–Crippen MR) is 79.9 cm³/mol. The number of ether oxygens (including phenoxy) is 1. The summed E-state index contributed by atoms with van der Waals surface area (Å²) in [6.07, 6.45) is 1.77. The fourth-order valence-electron chi connectivity index (χ4n) is 2.20. The van der Waals surface area contributed by atoms with Gasteiger partial charge in [0.2, 0.25) is 0 Å². The Balaban J connectivity index is 1.72. The van der Waals surface area contributed by atoms with Crippen molar-refractivity contribution in [3.05, 3.63) is 52.1 Å². The van der Waals surface area contributed by atoms with E-state index in [9.17, 15) is 4.79 Å². The zero-order valence-electron chi connectivity index (χ0n) is 10.9. The molecule has 0 saturated heterocycles. The van der Waals surface area contributed by atoms with Crippen molar-refractivity contribution in [3.8, 4) is 5.75 Å². The first kappa shape index (κ1) is 13.1. The number of benzene rings is 1. The minimum absolute atomic E-state index is 0.167. The predicted octanol–water partition coefficient (Wildman–Crippen LogP) is 3.09. The van der Waals surface area contributed by atoms with Gasteiger partial charge in [-0.25, -0.2) is 4.98 Å². The molecule has 0 saturated carbocycles. The first-order valence-electron chi connectivity index (χ1n) is 6.31. The number of carbonyl (C=O) groups excluding carboxylic acids is 1. The van der Waals surface area contributed by atoms with Crippen molar-refractivity contribution >= 4 is 27.7 Å². The molecule has 0 fully saturated rings. The number of pyridine rings is 1. The smallest absolute Gasteiger partial charge is 0.266 e. The molecule has 4 nitrogen and oxygen atoms in total. The van der Waals surface area contributed by atoms with Crippen LogP contribution in [0.1, 0.15) is 11.1 Å². The second kappa shape index (κ2) is 5.25. The van der Waals surface area contributed by atoms with Crippen molar-refractivity contribution in [1.29, 1.82) is 0 Å². The largest absolute Gasteiger partial charge is 0.480 e. The van der Waals surface area contributed by atoms with E-state index in [1.807, 2.05) is 37.3 Å². The third-order valence-electron chi connectivity index (χ3n) is 3.23. The molecule has 0 radical (unpaired) electrons. The fraction of sp³-hybridized carbons (Fsp3) is 0.200. The van der Waals surface area contributed by atoms with Gasteiger partial charge in [-0.05, 0) is 46.1 Å². The Labute approximate surface area is 125 Å². The normalized spacial score (nSPS) is 16.4. The molecule has 1 aliphatic heterocycles. The number of rotatable bonds is 2. The van der Waals surface area contributed by atoms with Crippen LogP contribution >= 0.6 is 15.9 Å². The van der Waals surface area contributed by atoms with Crippen LogP contribution in [-0.4, -0.2) is 17.0 Å². The minimum Gasteiger partial charge on any atom is -0.480 e. The zero-order chi connectivity index (χ0) is 14.1. The van der Waals surface area contributed by atoms with Gasteiger partial charge in [0, 0.05) is 17.1 Å². The molecule has 1 aromatic carbocycles. The Kier molecular flexibility index (Phi) is 3.44. The van der Waals surface area contributed by atoms with E-state index in [-0.39, 0.29) is 5.91 Å². The summed E-state index contributed by atoms with van der Waals surface area (Å²) in [5.41, 5.74) is 1.97. The Morgan fingerprint density at radius 3 is 3.00 bits per heavy atom. The fourth-order valence-corrected chi connectivity index (χ4v) is 2.64. The number of hydrogen-bond acceptors (Lipinski definition) is 3. The monoisotopic (exact) mass is 332 g/mol. The Morgan fingerprint density at radius 2 is 2.25 bits per heavy atom. The topological polar surface area (TPSA) is 51.2 Å². The lowest BCUT2D eigenvalue weighted by atomic mass is 10.1. The van der Waals surface area contributed by atoms with Crippen LogP contribution in [0.5, 0.6) is 5.75 Å². The van der Waals surface area contributed by atoms with Crippen molar-refractivity contribution in [1.82, 2.24) is 4.98 Å². The van der Waals surface area contributed by atoms with Crippen LogP contribution in [0.15, 0.2) is 41.0 Å². The summed E-state index contributed by atoms with van der Waals surface area (Å²) in [7, 11) is 0. The van der Waals surface area contributed by atoms with Crippen LogP contribution in [0.2, 0.25) is 0 Å². The molecule has 1 aliphatic rings.